The first kappa shape index (κ1) is 24.2. The Morgan fingerprint density at radius 2 is 1.69 bits per heavy atom. The Morgan fingerprint density at radius 3 is 2.34 bits per heavy atom. The van der Waals surface area contributed by atoms with E-state index in [9.17, 15) is 4.79 Å². The molecule has 0 spiro atoms. The van der Waals surface area contributed by atoms with Gasteiger partial charge >= 0.3 is 5.97 Å². The minimum atomic E-state index is -0.693. The highest BCUT2D eigenvalue weighted by molar-refractivity contribution is 6.42. The highest BCUT2D eigenvalue weighted by Gasteiger charge is 2.43. The first-order valence-electron chi connectivity index (χ1n) is 11.6. The fourth-order valence-corrected chi connectivity index (χ4v) is 5.32. The number of aliphatic imine (C=N–C) groups is 1. The van der Waals surface area contributed by atoms with Crippen molar-refractivity contribution >= 4 is 52.5 Å². The van der Waals surface area contributed by atoms with Crippen LogP contribution >= 0.6 is 23.2 Å². The molecule has 2 atom stereocenters. The molecule has 1 aromatic heterocycles. The van der Waals surface area contributed by atoms with E-state index in [1.807, 2.05) is 19.1 Å². The minimum Gasteiger partial charge on any atom is -0.468 e. The van der Waals surface area contributed by atoms with Crippen LogP contribution in [0.1, 0.15) is 24.0 Å². The summed E-state index contributed by atoms with van der Waals surface area (Å²) < 4.78 is 16.3. The molecule has 3 aliphatic heterocycles. The number of rotatable bonds is 4. The third-order valence-corrected chi connectivity index (χ3v) is 7.48. The fraction of sp³-hybridized carbons (Fsp3) is 0.500. The summed E-state index contributed by atoms with van der Waals surface area (Å²) in [5, 5.41) is 0.798. The molecule has 186 valence electrons. The van der Waals surface area contributed by atoms with Crippen molar-refractivity contribution in [3.63, 3.8) is 0 Å². The number of hydrogen-bond donors (Lipinski definition) is 0. The van der Waals surface area contributed by atoms with Gasteiger partial charge in [-0.1, -0.05) is 35.3 Å². The lowest BCUT2D eigenvalue weighted by Crippen LogP contribution is -2.41. The van der Waals surface area contributed by atoms with E-state index >= 15 is 0 Å². The van der Waals surface area contributed by atoms with Gasteiger partial charge in [-0.05, 0) is 18.6 Å². The van der Waals surface area contributed by atoms with Crippen LogP contribution < -0.4 is 9.80 Å². The zero-order valence-corrected chi connectivity index (χ0v) is 21.2. The first-order valence-corrected chi connectivity index (χ1v) is 12.4. The maximum Gasteiger partial charge on any atom is 0.315 e. The highest BCUT2D eigenvalue weighted by Crippen LogP contribution is 2.49. The monoisotopic (exact) mass is 519 g/mol. The number of morpholine rings is 2. The molecule has 35 heavy (non-hydrogen) atoms. The van der Waals surface area contributed by atoms with Gasteiger partial charge in [-0.2, -0.15) is 9.97 Å². The Kier molecular flexibility index (Phi) is 7.11. The summed E-state index contributed by atoms with van der Waals surface area (Å²) in [6.07, 6.45) is 0. The quantitative estimate of drug-likeness (QED) is 0.567. The van der Waals surface area contributed by atoms with E-state index in [2.05, 4.69) is 9.80 Å². The number of hydrogen-bond acceptors (Lipinski definition) is 9. The summed E-state index contributed by atoms with van der Waals surface area (Å²) in [5.41, 5.74) is 2.06. The van der Waals surface area contributed by atoms with E-state index in [0.717, 1.165) is 11.4 Å². The van der Waals surface area contributed by atoms with Crippen molar-refractivity contribution < 1.29 is 19.0 Å². The Balaban J connectivity index is 1.75. The van der Waals surface area contributed by atoms with Crippen LogP contribution in [-0.4, -0.2) is 81.4 Å². The van der Waals surface area contributed by atoms with Crippen molar-refractivity contribution in [2.75, 3.05) is 69.5 Å². The highest BCUT2D eigenvalue weighted by atomic mass is 35.5. The molecule has 0 radical (unpaired) electrons. The number of carbonyl (C=O) groups is 1. The van der Waals surface area contributed by atoms with Gasteiger partial charge in [0.05, 0.1) is 43.6 Å². The Labute approximate surface area is 214 Å². The van der Waals surface area contributed by atoms with Gasteiger partial charge in [0.2, 0.25) is 5.95 Å². The van der Waals surface area contributed by atoms with Gasteiger partial charge in [-0.25, -0.2) is 4.99 Å². The van der Waals surface area contributed by atoms with Crippen molar-refractivity contribution in [1.29, 1.82) is 0 Å². The van der Waals surface area contributed by atoms with Crippen molar-refractivity contribution in [1.82, 2.24) is 9.97 Å². The summed E-state index contributed by atoms with van der Waals surface area (Å²) in [5.74, 6) is 0.243. The van der Waals surface area contributed by atoms with E-state index in [-0.39, 0.29) is 0 Å². The molecule has 9 nitrogen and oxygen atoms in total. The molecule has 0 N–H and O–H groups in total. The number of ether oxygens (including phenoxy) is 3. The van der Waals surface area contributed by atoms with Crippen LogP contribution in [-0.2, 0) is 19.0 Å². The maximum absolute atomic E-state index is 13.1. The van der Waals surface area contributed by atoms with Crippen LogP contribution in [0, 0.1) is 5.92 Å². The summed E-state index contributed by atoms with van der Waals surface area (Å²) >= 11 is 13.1. The van der Waals surface area contributed by atoms with Crippen LogP contribution in [0.4, 0.5) is 17.6 Å². The van der Waals surface area contributed by atoms with Gasteiger partial charge < -0.3 is 24.0 Å². The summed E-state index contributed by atoms with van der Waals surface area (Å²) in [4.78, 5) is 32.1. The molecule has 0 saturated carbocycles. The number of aromatic nitrogens is 2. The molecule has 2 fully saturated rings. The SMILES string of the molecule is COC(=O)C1C(C)=Nc2nc(N3CCOCC3)nc(N3CCOCC3)c2C1c1cccc(Cl)c1Cl. The minimum absolute atomic E-state index is 0.388. The number of benzene rings is 1. The third kappa shape index (κ3) is 4.58. The molecule has 0 bridgehead atoms. The molecule has 3 aliphatic rings. The lowest BCUT2D eigenvalue weighted by Gasteiger charge is -2.37. The molecule has 0 amide bonds. The van der Waals surface area contributed by atoms with Crippen molar-refractivity contribution in [3.8, 4) is 0 Å². The zero-order chi connectivity index (χ0) is 24.5. The molecule has 2 saturated heterocycles. The van der Waals surface area contributed by atoms with Gasteiger partial charge in [0.1, 0.15) is 11.7 Å². The second-order valence-corrected chi connectivity index (χ2v) is 9.44. The van der Waals surface area contributed by atoms with E-state index in [1.165, 1.54) is 7.11 Å². The van der Waals surface area contributed by atoms with Crippen LogP contribution in [0.2, 0.25) is 10.0 Å². The number of methoxy groups -OCH3 is 1. The number of halogens is 2. The van der Waals surface area contributed by atoms with Crippen molar-refractivity contribution in [2.45, 2.75) is 12.8 Å². The maximum atomic E-state index is 13.1. The molecular weight excluding hydrogens is 493 g/mol. The third-order valence-electron chi connectivity index (χ3n) is 6.65. The molecule has 2 unspecified atom stereocenters. The van der Waals surface area contributed by atoms with E-state index in [1.54, 1.807) is 6.07 Å². The number of fused-ring (bicyclic) bond motifs is 1. The van der Waals surface area contributed by atoms with Crippen molar-refractivity contribution in [3.05, 3.63) is 39.4 Å². The van der Waals surface area contributed by atoms with Gasteiger partial charge in [-0.3, -0.25) is 4.79 Å². The van der Waals surface area contributed by atoms with E-state index in [4.69, 9.17) is 52.4 Å². The molecule has 1 aromatic carbocycles. The summed E-state index contributed by atoms with van der Waals surface area (Å²) in [7, 11) is 1.38. The predicted molar refractivity (Wildman–Crippen MR) is 135 cm³/mol. The predicted octanol–water partition coefficient (Wildman–Crippen LogP) is 3.48. The number of carbonyl (C=O) groups excluding carboxylic acids is 1. The molecular formula is C24H27Cl2N5O4. The van der Waals surface area contributed by atoms with Crippen molar-refractivity contribution in [2.24, 2.45) is 10.9 Å². The van der Waals surface area contributed by atoms with Gasteiger partial charge in [0.25, 0.3) is 0 Å². The second-order valence-electron chi connectivity index (χ2n) is 8.66. The van der Waals surface area contributed by atoms with E-state index in [0.29, 0.717) is 85.7 Å². The van der Waals surface area contributed by atoms with Crippen LogP contribution in [0.25, 0.3) is 0 Å². The lowest BCUT2D eigenvalue weighted by atomic mass is 9.76. The average Bonchev–Trinajstić information content (AvgIpc) is 2.89. The average molecular weight is 520 g/mol. The Morgan fingerprint density at radius 1 is 1.03 bits per heavy atom. The molecule has 11 heteroatoms. The van der Waals surface area contributed by atoms with Gasteiger partial charge in [0, 0.05) is 43.4 Å². The zero-order valence-electron chi connectivity index (χ0n) is 19.7. The fourth-order valence-electron chi connectivity index (χ4n) is 4.89. The first-order chi connectivity index (χ1) is 17.0. The second kappa shape index (κ2) is 10.3. The van der Waals surface area contributed by atoms with Crippen LogP contribution in [0.5, 0.6) is 0 Å². The van der Waals surface area contributed by atoms with Crippen LogP contribution in [0.15, 0.2) is 23.2 Å². The standard InChI is InChI=1S/C24H27Cl2N5O4/c1-14-17(23(32)33-2)18(15-4-3-5-16(25)20(15)26)19-21(27-14)28-24(31-8-12-35-13-9-31)29-22(19)30-6-10-34-11-7-30/h3-5,17-18H,6-13H2,1-2H3. The normalized spacial score (nSPS) is 22.5. The number of esters is 1. The molecule has 0 aliphatic carbocycles. The lowest BCUT2D eigenvalue weighted by molar-refractivity contribution is -0.143. The Hall–Kier alpha value is -2.46. The molecule has 4 heterocycles. The topological polar surface area (TPSA) is 89.4 Å². The van der Waals surface area contributed by atoms with Crippen LogP contribution in [0.3, 0.4) is 0 Å². The van der Waals surface area contributed by atoms with Gasteiger partial charge in [0.15, 0.2) is 5.82 Å². The summed E-state index contributed by atoms with van der Waals surface area (Å²) in [6, 6.07) is 5.44. The smallest absolute Gasteiger partial charge is 0.315 e. The molecule has 2 aromatic rings. The van der Waals surface area contributed by atoms with Gasteiger partial charge in [-0.15, -0.1) is 0 Å². The summed E-state index contributed by atoms with van der Waals surface area (Å²) in [6.45, 7) is 6.91. The molecule has 5 rings (SSSR count). The number of anilines is 2. The number of nitrogens with zero attached hydrogens (tertiary/aromatic N) is 5. The largest absolute Gasteiger partial charge is 0.468 e. The Bertz CT molecular complexity index is 1150. The van der Waals surface area contributed by atoms with E-state index < -0.39 is 17.8 Å².